The maximum absolute atomic E-state index is 13.0. The molecule has 0 bridgehead atoms. The van der Waals surface area contributed by atoms with E-state index < -0.39 is 10.0 Å². The molecule has 0 aliphatic carbocycles. The van der Waals surface area contributed by atoms with Crippen LogP contribution in [-0.2, 0) is 21.2 Å². The van der Waals surface area contributed by atoms with E-state index in [9.17, 15) is 8.42 Å². The highest BCUT2D eigenvalue weighted by molar-refractivity contribution is 7.92. The van der Waals surface area contributed by atoms with Gasteiger partial charge >= 0.3 is 0 Å². The minimum atomic E-state index is -3.76. The molecule has 0 saturated carbocycles. The molecule has 0 atom stereocenters. The van der Waals surface area contributed by atoms with E-state index >= 15 is 0 Å². The Kier molecular flexibility index (Phi) is 7.10. The first kappa shape index (κ1) is 23.7. The van der Waals surface area contributed by atoms with Crippen molar-refractivity contribution in [3.05, 3.63) is 70.9 Å². The van der Waals surface area contributed by atoms with Crippen molar-refractivity contribution in [1.29, 1.82) is 0 Å². The van der Waals surface area contributed by atoms with Crippen LogP contribution in [0.15, 0.2) is 47.8 Å². The molecule has 0 amide bonds. The summed E-state index contributed by atoms with van der Waals surface area (Å²) in [5.41, 5.74) is 4.01. The van der Waals surface area contributed by atoms with Gasteiger partial charge in [0.05, 0.1) is 40.7 Å². The Balaban J connectivity index is 1.64. The van der Waals surface area contributed by atoms with Gasteiger partial charge in [0.1, 0.15) is 12.1 Å². The van der Waals surface area contributed by atoms with Crippen LogP contribution in [0, 0.1) is 25.7 Å². The van der Waals surface area contributed by atoms with Gasteiger partial charge in [-0.2, -0.15) is 0 Å². The second-order valence-corrected chi connectivity index (χ2v) is 9.65. The van der Waals surface area contributed by atoms with Gasteiger partial charge in [-0.15, -0.1) is 0 Å². The molecule has 4 rings (SSSR count). The second kappa shape index (κ2) is 10.2. The quantitative estimate of drug-likeness (QED) is 0.564. The van der Waals surface area contributed by atoms with Crippen LogP contribution >= 0.6 is 0 Å². The van der Waals surface area contributed by atoms with Crippen LogP contribution in [0.3, 0.4) is 0 Å². The largest absolute Gasteiger partial charge is 0.378 e. The summed E-state index contributed by atoms with van der Waals surface area (Å²) in [6.07, 6.45) is 3.93. The number of aromatic nitrogens is 3. The molecule has 0 spiro atoms. The fourth-order valence-electron chi connectivity index (χ4n) is 3.60. The Morgan fingerprint density at radius 1 is 1.06 bits per heavy atom. The van der Waals surface area contributed by atoms with Crippen molar-refractivity contribution >= 4 is 21.5 Å². The number of hydrogen-bond acceptors (Lipinski definition) is 7. The standard InChI is InChI=1S/C25H27N5O3S/c1-4-20-6-5-7-22(14-20)34(31,32)29-24-15-21(16-26-19(24)3)8-9-23-18(2)27-17-28-25(23)30-10-12-33-13-11-30/h5-7,14-17,29H,4,10-13H2,1-3H3. The van der Waals surface area contributed by atoms with Gasteiger partial charge in [-0.25, -0.2) is 18.4 Å². The van der Waals surface area contributed by atoms with Crippen molar-refractivity contribution in [1.82, 2.24) is 15.0 Å². The molecular formula is C25H27N5O3S. The van der Waals surface area contributed by atoms with Crippen molar-refractivity contribution in [2.24, 2.45) is 0 Å². The number of nitrogens with zero attached hydrogens (tertiary/aromatic N) is 4. The van der Waals surface area contributed by atoms with E-state index in [1.54, 1.807) is 43.7 Å². The fraction of sp³-hybridized carbons (Fsp3) is 0.320. The fourth-order valence-corrected chi connectivity index (χ4v) is 4.78. The summed E-state index contributed by atoms with van der Waals surface area (Å²) in [4.78, 5) is 15.5. The van der Waals surface area contributed by atoms with E-state index in [2.05, 4.69) is 36.4 Å². The van der Waals surface area contributed by atoms with Gasteiger partial charge in [0.15, 0.2) is 0 Å². The summed E-state index contributed by atoms with van der Waals surface area (Å²) >= 11 is 0. The maximum Gasteiger partial charge on any atom is 0.261 e. The molecule has 176 valence electrons. The monoisotopic (exact) mass is 477 g/mol. The van der Waals surface area contributed by atoms with Crippen molar-refractivity contribution in [2.75, 3.05) is 35.9 Å². The van der Waals surface area contributed by atoms with Gasteiger partial charge < -0.3 is 9.64 Å². The number of rotatable bonds is 5. The van der Waals surface area contributed by atoms with Crippen LogP contribution in [0.2, 0.25) is 0 Å². The van der Waals surface area contributed by atoms with Crippen molar-refractivity contribution in [3.63, 3.8) is 0 Å². The number of ether oxygens (including phenoxy) is 1. The molecule has 34 heavy (non-hydrogen) atoms. The summed E-state index contributed by atoms with van der Waals surface area (Å²) in [6, 6.07) is 8.61. The van der Waals surface area contributed by atoms with E-state index in [0.29, 0.717) is 30.2 Å². The molecule has 1 fully saturated rings. The smallest absolute Gasteiger partial charge is 0.261 e. The van der Waals surface area contributed by atoms with Gasteiger partial charge in [-0.3, -0.25) is 9.71 Å². The molecule has 0 unspecified atom stereocenters. The molecular weight excluding hydrogens is 450 g/mol. The van der Waals surface area contributed by atoms with Gasteiger partial charge in [0.25, 0.3) is 10.0 Å². The lowest BCUT2D eigenvalue weighted by Gasteiger charge is -2.28. The molecule has 1 aliphatic rings. The third kappa shape index (κ3) is 5.35. The highest BCUT2D eigenvalue weighted by Gasteiger charge is 2.18. The molecule has 0 radical (unpaired) electrons. The molecule has 1 aliphatic heterocycles. The van der Waals surface area contributed by atoms with E-state index in [0.717, 1.165) is 42.1 Å². The van der Waals surface area contributed by atoms with Crippen LogP contribution < -0.4 is 9.62 Å². The van der Waals surface area contributed by atoms with E-state index in [4.69, 9.17) is 4.74 Å². The van der Waals surface area contributed by atoms with E-state index in [-0.39, 0.29) is 4.90 Å². The Morgan fingerprint density at radius 3 is 2.62 bits per heavy atom. The van der Waals surface area contributed by atoms with Gasteiger partial charge in [0.2, 0.25) is 0 Å². The first-order valence-electron chi connectivity index (χ1n) is 11.1. The Labute approximate surface area is 200 Å². The molecule has 1 N–H and O–H groups in total. The summed E-state index contributed by atoms with van der Waals surface area (Å²) in [5, 5.41) is 0. The SMILES string of the molecule is CCc1cccc(S(=O)(=O)Nc2cc(C#Cc3c(C)ncnc3N3CCOCC3)cnc2C)c1. The highest BCUT2D eigenvalue weighted by Crippen LogP contribution is 2.22. The predicted molar refractivity (Wildman–Crippen MR) is 131 cm³/mol. The lowest BCUT2D eigenvalue weighted by Crippen LogP contribution is -2.37. The minimum Gasteiger partial charge on any atom is -0.378 e. The van der Waals surface area contributed by atoms with Crippen LogP contribution in [0.25, 0.3) is 0 Å². The molecule has 3 aromatic rings. The number of nitrogens with one attached hydrogen (secondary N) is 1. The third-order valence-corrected chi connectivity index (χ3v) is 6.97. The Bertz CT molecular complexity index is 1360. The first-order valence-corrected chi connectivity index (χ1v) is 12.6. The molecule has 9 heteroatoms. The predicted octanol–water partition coefficient (Wildman–Crippen LogP) is 3.09. The number of morpholine rings is 1. The van der Waals surface area contributed by atoms with Gasteiger partial charge in [-0.1, -0.05) is 30.9 Å². The zero-order valence-electron chi connectivity index (χ0n) is 19.5. The topological polar surface area (TPSA) is 97.3 Å². The normalized spacial score (nSPS) is 13.8. The molecule has 1 aromatic carbocycles. The summed E-state index contributed by atoms with van der Waals surface area (Å²) in [6.45, 7) is 8.39. The van der Waals surface area contributed by atoms with Crippen molar-refractivity contribution in [3.8, 4) is 11.8 Å². The summed E-state index contributed by atoms with van der Waals surface area (Å²) in [7, 11) is -3.76. The van der Waals surface area contributed by atoms with Crippen molar-refractivity contribution < 1.29 is 13.2 Å². The number of benzene rings is 1. The first-order chi connectivity index (χ1) is 16.4. The lowest BCUT2D eigenvalue weighted by molar-refractivity contribution is 0.122. The molecule has 2 aromatic heterocycles. The highest BCUT2D eigenvalue weighted by atomic mass is 32.2. The second-order valence-electron chi connectivity index (χ2n) is 7.97. The number of pyridine rings is 1. The molecule has 3 heterocycles. The maximum atomic E-state index is 13.0. The number of sulfonamides is 1. The van der Waals surface area contributed by atoms with Crippen molar-refractivity contribution in [2.45, 2.75) is 32.1 Å². The zero-order chi connectivity index (χ0) is 24.1. The molecule has 1 saturated heterocycles. The minimum absolute atomic E-state index is 0.218. The number of aryl methyl sites for hydroxylation is 3. The number of anilines is 2. The average molecular weight is 478 g/mol. The summed E-state index contributed by atoms with van der Waals surface area (Å²) in [5.74, 6) is 7.06. The van der Waals surface area contributed by atoms with E-state index in [1.165, 1.54) is 0 Å². The van der Waals surface area contributed by atoms with Crippen LogP contribution in [0.5, 0.6) is 0 Å². The van der Waals surface area contributed by atoms with Crippen LogP contribution in [0.4, 0.5) is 11.5 Å². The van der Waals surface area contributed by atoms with E-state index in [1.807, 2.05) is 19.9 Å². The molecule has 8 nitrogen and oxygen atoms in total. The van der Waals surface area contributed by atoms with Crippen LogP contribution in [-0.4, -0.2) is 49.7 Å². The van der Waals surface area contributed by atoms with Gasteiger partial charge in [-0.05, 0) is 44.0 Å². The summed E-state index contributed by atoms with van der Waals surface area (Å²) < 4.78 is 34.0. The lowest BCUT2D eigenvalue weighted by atomic mass is 10.1. The third-order valence-electron chi connectivity index (χ3n) is 5.61. The number of hydrogen-bond donors (Lipinski definition) is 1. The van der Waals surface area contributed by atoms with Gasteiger partial charge in [0, 0.05) is 24.8 Å². The van der Waals surface area contributed by atoms with Crippen LogP contribution in [0.1, 0.15) is 35.0 Å². The average Bonchev–Trinajstić information content (AvgIpc) is 2.85. The Morgan fingerprint density at radius 2 is 1.85 bits per heavy atom. The zero-order valence-corrected chi connectivity index (χ0v) is 20.3. The Hall–Kier alpha value is -3.48.